The van der Waals surface area contributed by atoms with Crippen molar-refractivity contribution in [3.63, 3.8) is 0 Å². The Hall–Kier alpha value is -1.30. The maximum Gasteiger partial charge on any atom is 0.315 e. The van der Waals surface area contributed by atoms with Crippen molar-refractivity contribution >= 4 is 12.0 Å². The first kappa shape index (κ1) is 14.8. The molecule has 1 aliphatic rings. The smallest absolute Gasteiger partial charge is 0.315 e. The van der Waals surface area contributed by atoms with Gasteiger partial charge in [-0.15, -0.1) is 0 Å². The molecule has 1 fully saturated rings. The number of hydrogen-bond acceptors (Lipinski definition) is 3. The van der Waals surface area contributed by atoms with Crippen LogP contribution in [0, 0.1) is 11.8 Å². The Bertz CT molecular complexity index is 288. The number of carboxylic acid groups (broad SMARTS) is 1. The van der Waals surface area contributed by atoms with Crippen molar-refractivity contribution in [2.75, 3.05) is 19.8 Å². The molecule has 18 heavy (non-hydrogen) atoms. The van der Waals surface area contributed by atoms with Gasteiger partial charge >= 0.3 is 12.0 Å². The topological polar surface area (TPSA) is 87.7 Å². The fraction of sp³-hybridized carbons (Fsp3) is 0.833. The van der Waals surface area contributed by atoms with E-state index in [-0.39, 0.29) is 24.5 Å². The van der Waals surface area contributed by atoms with Crippen molar-refractivity contribution in [3.05, 3.63) is 0 Å². The Balaban J connectivity index is 2.28. The quantitative estimate of drug-likeness (QED) is 0.681. The van der Waals surface area contributed by atoms with Crippen LogP contribution < -0.4 is 10.6 Å². The standard InChI is InChI=1S/C12H22N2O4/c1-8(2)10(11(15)16)6-13-12(17)14-9-4-3-5-18-7-9/h8-10H,3-7H2,1-2H3,(H,15,16)(H2,13,14,17). The molecule has 3 N–H and O–H groups in total. The largest absolute Gasteiger partial charge is 0.481 e. The SMILES string of the molecule is CC(C)C(CNC(=O)NC1CCCOC1)C(=O)O. The summed E-state index contributed by atoms with van der Waals surface area (Å²) in [6, 6.07) is -0.293. The van der Waals surface area contributed by atoms with Gasteiger partial charge in [0, 0.05) is 13.2 Å². The lowest BCUT2D eigenvalue weighted by molar-refractivity contribution is -0.142. The van der Waals surface area contributed by atoms with Crippen molar-refractivity contribution in [1.29, 1.82) is 0 Å². The molecule has 2 unspecified atom stereocenters. The number of nitrogens with one attached hydrogen (secondary N) is 2. The first-order chi connectivity index (χ1) is 8.50. The van der Waals surface area contributed by atoms with Gasteiger partial charge in [-0.2, -0.15) is 0 Å². The van der Waals surface area contributed by atoms with E-state index < -0.39 is 11.9 Å². The van der Waals surface area contributed by atoms with Gasteiger partial charge in [0.2, 0.25) is 0 Å². The number of rotatable bonds is 5. The lowest BCUT2D eigenvalue weighted by atomic mass is 9.96. The van der Waals surface area contributed by atoms with E-state index in [1.807, 2.05) is 13.8 Å². The van der Waals surface area contributed by atoms with E-state index in [1.165, 1.54) is 0 Å². The van der Waals surface area contributed by atoms with Crippen LogP contribution in [0.2, 0.25) is 0 Å². The predicted molar refractivity (Wildman–Crippen MR) is 66.3 cm³/mol. The lowest BCUT2D eigenvalue weighted by Crippen LogP contribution is -2.47. The van der Waals surface area contributed by atoms with E-state index in [0.717, 1.165) is 19.4 Å². The summed E-state index contributed by atoms with van der Waals surface area (Å²) in [6.45, 7) is 5.07. The molecule has 104 valence electrons. The molecule has 6 heteroatoms. The summed E-state index contributed by atoms with van der Waals surface area (Å²) in [5.41, 5.74) is 0. The molecule has 0 aromatic rings. The van der Waals surface area contributed by atoms with E-state index in [2.05, 4.69) is 10.6 Å². The molecule has 0 aromatic carbocycles. The van der Waals surface area contributed by atoms with Crippen molar-refractivity contribution in [1.82, 2.24) is 10.6 Å². The summed E-state index contributed by atoms with van der Waals surface area (Å²) < 4.78 is 5.25. The second-order valence-electron chi connectivity index (χ2n) is 4.96. The molecule has 1 heterocycles. The lowest BCUT2D eigenvalue weighted by Gasteiger charge is -2.24. The van der Waals surface area contributed by atoms with Gasteiger partial charge < -0.3 is 20.5 Å². The van der Waals surface area contributed by atoms with Crippen molar-refractivity contribution < 1.29 is 19.4 Å². The number of carboxylic acids is 1. The predicted octanol–water partition coefficient (Wildman–Crippen LogP) is 0.821. The van der Waals surface area contributed by atoms with Crippen molar-refractivity contribution in [2.45, 2.75) is 32.7 Å². The number of carbonyl (C=O) groups is 2. The average molecular weight is 258 g/mol. The summed E-state index contributed by atoms with van der Waals surface area (Å²) >= 11 is 0. The summed E-state index contributed by atoms with van der Waals surface area (Å²) in [6.07, 6.45) is 1.84. The monoisotopic (exact) mass is 258 g/mol. The van der Waals surface area contributed by atoms with Crippen LogP contribution in [0.1, 0.15) is 26.7 Å². The first-order valence-electron chi connectivity index (χ1n) is 6.35. The first-order valence-corrected chi connectivity index (χ1v) is 6.35. The van der Waals surface area contributed by atoms with Crippen molar-refractivity contribution in [3.8, 4) is 0 Å². The third-order valence-electron chi connectivity index (χ3n) is 3.10. The van der Waals surface area contributed by atoms with E-state index in [0.29, 0.717) is 6.61 Å². The number of ether oxygens (including phenoxy) is 1. The molecule has 0 aliphatic carbocycles. The zero-order chi connectivity index (χ0) is 13.5. The summed E-state index contributed by atoms with van der Waals surface area (Å²) in [7, 11) is 0. The zero-order valence-electron chi connectivity index (χ0n) is 10.9. The summed E-state index contributed by atoms with van der Waals surface area (Å²) in [5, 5.41) is 14.4. The van der Waals surface area contributed by atoms with E-state index in [4.69, 9.17) is 9.84 Å². The normalized spacial score (nSPS) is 21.4. The van der Waals surface area contributed by atoms with Gasteiger partial charge in [-0.25, -0.2) is 4.79 Å². The minimum atomic E-state index is -0.883. The molecule has 1 saturated heterocycles. The number of hydrogen-bond donors (Lipinski definition) is 3. The molecule has 0 spiro atoms. The van der Waals surface area contributed by atoms with Crippen LogP contribution in [0.25, 0.3) is 0 Å². The molecular formula is C12H22N2O4. The average Bonchev–Trinajstić information content (AvgIpc) is 2.29. The highest BCUT2D eigenvalue weighted by Gasteiger charge is 2.22. The zero-order valence-corrected chi connectivity index (χ0v) is 10.9. The van der Waals surface area contributed by atoms with Crippen LogP contribution in [0.15, 0.2) is 0 Å². The Morgan fingerprint density at radius 3 is 2.67 bits per heavy atom. The summed E-state index contributed by atoms with van der Waals surface area (Å²) in [4.78, 5) is 22.5. The molecule has 6 nitrogen and oxygen atoms in total. The fourth-order valence-corrected chi connectivity index (χ4v) is 1.90. The number of carbonyl (C=O) groups excluding carboxylic acids is 1. The molecule has 2 amide bonds. The van der Waals surface area contributed by atoms with Gasteiger partial charge in [0.15, 0.2) is 0 Å². The third kappa shape index (κ3) is 4.91. The maximum atomic E-state index is 11.6. The Labute approximate surface area is 107 Å². The highest BCUT2D eigenvalue weighted by molar-refractivity contribution is 5.76. The molecule has 2 atom stereocenters. The summed E-state index contributed by atoms with van der Waals surface area (Å²) in [5.74, 6) is -1.45. The second kappa shape index (κ2) is 7.20. The number of aliphatic carboxylic acids is 1. The van der Waals surface area contributed by atoms with Crippen LogP contribution in [0.4, 0.5) is 4.79 Å². The van der Waals surface area contributed by atoms with E-state index >= 15 is 0 Å². The molecular weight excluding hydrogens is 236 g/mol. The van der Waals surface area contributed by atoms with Gasteiger partial charge in [0.05, 0.1) is 18.6 Å². The highest BCUT2D eigenvalue weighted by Crippen LogP contribution is 2.10. The van der Waals surface area contributed by atoms with E-state index in [1.54, 1.807) is 0 Å². The van der Waals surface area contributed by atoms with Gasteiger partial charge in [0.1, 0.15) is 0 Å². The van der Waals surface area contributed by atoms with Crippen LogP contribution in [0.5, 0.6) is 0 Å². The van der Waals surface area contributed by atoms with E-state index in [9.17, 15) is 9.59 Å². The fourth-order valence-electron chi connectivity index (χ4n) is 1.90. The van der Waals surface area contributed by atoms with Crippen molar-refractivity contribution in [2.24, 2.45) is 11.8 Å². The molecule has 0 aromatic heterocycles. The molecule has 0 saturated carbocycles. The van der Waals surface area contributed by atoms with Crippen LogP contribution in [-0.2, 0) is 9.53 Å². The Kier molecular flexibility index (Phi) is 5.91. The van der Waals surface area contributed by atoms with Gasteiger partial charge in [-0.3, -0.25) is 4.79 Å². The highest BCUT2D eigenvalue weighted by atomic mass is 16.5. The maximum absolute atomic E-state index is 11.6. The van der Waals surface area contributed by atoms with Crippen LogP contribution >= 0.6 is 0 Å². The van der Waals surface area contributed by atoms with Gasteiger partial charge in [-0.1, -0.05) is 13.8 Å². The molecule has 1 rings (SSSR count). The number of urea groups is 1. The number of amides is 2. The second-order valence-corrected chi connectivity index (χ2v) is 4.96. The van der Waals surface area contributed by atoms with Gasteiger partial charge in [0.25, 0.3) is 0 Å². The van der Waals surface area contributed by atoms with Crippen LogP contribution in [-0.4, -0.2) is 42.9 Å². The molecule has 0 bridgehead atoms. The Morgan fingerprint density at radius 2 is 2.17 bits per heavy atom. The van der Waals surface area contributed by atoms with Gasteiger partial charge in [-0.05, 0) is 18.8 Å². The molecule has 0 radical (unpaired) electrons. The minimum absolute atomic E-state index is 0.0131. The molecule has 1 aliphatic heterocycles. The minimum Gasteiger partial charge on any atom is -0.481 e. The Morgan fingerprint density at radius 1 is 1.44 bits per heavy atom. The van der Waals surface area contributed by atoms with Crippen LogP contribution in [0.3, 0.4) is 0 Å². The third-order valence-corrected chi connectivity index (χ3v) is 3.10.